The van der Waals surface area contributed by atoms with Gasteiger partial charge in [-0.2, -0.15) is 0 Å². The number of primary amides is 1. The highest BCUT2D eigenvalue weighted by Crippen LogP contribution is 2.28. The molecule has 4 atom stereocenters. The third kappa shape index (κ3) is 10.3. The Bertz CT molecular complexity index is 972. The van der Waals surface area contributed by atoms with Crippen LogP contribution in [0, 0.1) is 13.8 Å². The minimum absolute atomic E-state index is 0.0200. The van der Waals surface area contributed by atoms with Gasteiger partial charge in [-0.05, 0) is 84.4 Å². The third-order valence-electron chi connectivity index (χ3n) is 6.47. The minimum atomic E-state index is -1.11. The molecular formula is C29H48N4O5. The Balaban J connectivity index is 3.60. The molecule has 0 aliphatic heterocycles. The van der Waals surface area contributed by atoms with Gasteiger partial charge in [-0.15, -0.1) is 0 Å². The third-order valence-corrected chi connectivity index (χ3v) is 6.47. The molecule has 9 nitrogen and oxygen atoms in total. The second kappa shape index (κ2) is 14.7. The summed E-state index contributed by atoms with van der Waals surface area (Å²) < 4.78 is 5.38. The SMILES string of the molecule is CCCC(C)NC(=O)C(c1ccc(C)c(C)c1)N(C(=O)C(CCC(N)=O)NC(=O)OC(C)(C)C)C(C)CC. The molecule has 9 heteroatoms. The van der Waals surface area contributed by atoms with E-state index in [1.165, 1.54) is 4.90 Å². The fourth-order valence-electron chi connectivity index (χ4n) is 4.17. The summed E-state index contributed by atoms with van der Waals surface area (Å²) in [6, 6.07) is 3.24. The second-order valence-corrected chi connectivity index (χ2v) is 11.2. The molecular weight excluding hydrogens is 484 g/mol. The zero-order chi connectivity index (χ0) is 29.2. The maximum atomic E-state index is 14.2. The highest BCUT2D eigenvalue weighted by Gasteiger charge is 2.39. The minimum Gasteiger partial charge on any atom is -0.444 e. The molecule has 0 fully saturated rings. The number of benzene rings is 1. The van der Waals surface area contributed by atoms with Crippen LogP contribution in [0.3, 0.4) is 0 Å². The average Bonchev–Trinajstić information content (AvgIpc) is 2.79. The van der Waals surface area contributed by atoms with E-state index in [-0.39, 0.29) is 30.8 Å². The van der Waals surface area contributed by atoms with Crippen molar-refractivity contribution in [2.24, 2.45) is 5.73 Å². The summed E-state index contributed by atoms with van der Waals surface area (Å²) in [7, 11) is 0. The van der Waals surface area contributed by atoms with Crippen molar-refractivity contribution in [2.75, 3.05) is 0 Å². The van der Waals surface area contributed by atoms with Crippen LogP contribution in [0.15, 0.2) is 18.2 Å². The van der Waals surface area contributed by atoms with Crippen molar-refractivity contribution in [1.82, 2.24) is 15.5 Å². The van der Waals surface area contributed by atoms with Gasteiger partial charge in [0.25, 0.3) is 0 Å². The second-order valence-electron chi connectivity index (χ2n) is 11.2. The van der Waals surface area contributed by atoms with Crippen molar-refractivity contribution in [1.29, 1.82) is 0 Å². The quantitative estimate of drug-likeness (QED) is 0.346. The van der Waals surface area contributed by atoms with Crippen LogP contribution in [0.5, 0.6) is 0 Å². The Hall–Kier alpha value is -3.10. The summed E-state index contributed by atoms with van der Waals surface area (Å²) in [5, 5.41) is 5.69. The molecule has 0 saturated heterocycles. The highest BCUT2D eigenvalue weighted by molar-refractivity contribution is 5.92. The van der Waals surface area contributed by atoms with E-state index in [9.17, 15) is 19.2 Å². The molecule has 4 amide bonds. The number of nitrogens with two attached hydrogens (primary N) is 1. The molecule has 1 aromatic carbocycles. The molecule has 1 rings (SSSR count). The smallest absolute Gasteiger partial charge is 0.408 e. The lowest BCUT2D eigenvalue weighted by Crippen LogP contribution is -2.56. The van der Waals surface area contributed by atoms with Crippen LogP contribution in [-0.2, 0) is 19.1 Å². The van der Waals surface area contributed by atoms with E-state index in [0.29, 0.717) is 12.0 Å². The molecule has 0 spiro atoms. The lowest BCUT2D eigenvalue weighted by molar-refractivity contribution is -0.145. The number of rotatable bonds is 13. The zero-order valence-corrected chi connectivity index (χ0v) is 24.6. The highest BCUT2D eigenvalue weighted by atomic mass is 16.6. The van der Waals surface area contributed by atoms with Gasteiger partial charge in [0.15, 0.2) is 0 Å². The molecule has 0 aliphatic carbocycles. The summed E-state index contributed by atoms with van der Waals surface area (Å²) in [5.41, 5.74) is 7.33. The van der Waals surface area contributed by atoms with Gasteiger partial charge in [0.1, 0.15) is 17.7 Å². The number of hydrogen-bond acceptors (Lipinski definition) is 5. The molecule has 4 unspecified atom stereocenters. The van der Waals surface area contributed by atoms with Gasteiger partial charge in [0.2, 0.25) is 17.7 Å². The van der Waals surface area contributed by atoms with E-state index in [4.69, 9.17) is 10.5 Å². The molecule has 38 heavy (non-hydrogen) atoms. The van der Waals surface area contributed by atoms with Gasteiger partial charge in [-0.3, -0.25) is 14.4 Å². The van der Waals surface area contributed by atoms with E-state index in [1.54, 1.807) is 20.8 Å². The van der Waals surface area contributed by atoms with Gasteiger partial charge >= 0.3 is 6.09 Å². The zero-order valence-electron chi connectivity index (χ0n) is 24.6. The summed E-state index contributed by atoms with van der Waals surface area (Å²) in [5.74, 6) is -1.37. The van der Waals surface area contributed by atoms with Crippen LogP contribution >= 0.6 is 0 Å². The largest absolute Gasteiger partial charge is 0.444 e. The number of nitrogens with one attached hydrogen (secondary N) is 2. The fraction of sp³-hybridized carbons (Fsp3) is 0.655. The predicted molar refractivity (Wildman–Crippen MR) is 149 cm³/mol. The van der Waals surface area contributed by atoms with Crippen molar-refractivity contribution in [2.45, 2.75) is 124 Å². The lowest BCUT2D eigenvalue weighted by Gasteiger charge is -2.38. The van der Waals surface area contributed by atoms with Crippen molar-refractivity contribution < 1.29 is 23.9 Å². The molecule has 0 aliphatic rings. The fourth-order valence-corrected chi connectivity index (χ4v) is 4.17. The van der Waals surface area contributed by atoms with Crippen molar-refractivity contribution in [3.63, 3.8) is 0 Å². The molecule has 0 radical (unpaired) electrons. The maximum Gasteiger partial charge on any atom is 0.408 e. The Labute approximate surface area is 228 Å². The van der Waals surface area contributed by atoms with Gasteiger partial charge in [0.05, 0.1) is 0 Å². The van der Waals surface area contributed by atoms with Crippen LogP contribution in [0.25, 0.3) is 0 Å². The first kappa shape index (κ1) is 32.9. The van der Waals surface area contributed by atoms with E-state index < -0.39 is 35.6 Å². The first-order chi connectivity index (χ1) is 17.6. The number of hydrogen-bond donors (Lipinski definition) is 3. The van der Waals surface area contributed by atoms with Gasteiger partial charge < -0.3 is 26.0 Å². The Morgan fingerprint density at radius 1 is 1.00 bits per heavy atom. The normalized spacial score (nSPS) is 14.6. The van der Waals surface area contributed by atoms with E-state index in [2.05, 4.69) is 10.6 Å². The number of nitrogens with zero attached hydrogens (tertiary/aromatic N) is 1. The van der Waals surface area contributed by atoms with Crippen LogP contribution in [0.2, 0.25) is 0 Å². The Morgan fingerprint density at radius 3 is 2.13 bits per heavy atom. The molecule has 1 aromatic rings. The molecule has 0 saturated carbocycles. The van der Waals surface area contributed by atoms with E-state index in [0.717, 1.165) is 24.0 Å². The lowest BCUT2D eigenvalue weighted by atomic mass is 9.96. The first-order valence-electron chi connectivity index (χ1n) is 13.6. The summed E-state index contributed by atoms with van der Waals surface area (Å²) in [6.07, 6.45) is 1.35. The van der Waals surface area contributed by atoms with E-state index in [1.807, 2.05) is 59.7 Å². The van der Waals surface area contributed by atoms with E-state index >= 15 is 0 Å². The number of ether oxygens (including phenoxy) is 1. The number of amides is 4. The topological polar surface area (TPSA) is 131 Å². The summed E-state index contributed by atoms with van der Waals surface area (Å²) >= 11 is 0. The van der Waals surface area contributed by atoms with Gasteiger partial charge in [-0.25, -0.2) is 4.79 Å². The van der Waals surface area contributed by atoms with Crippen molar-refractivity contribution >= 4 is 23.8 Å². The number of carbonyl (C=O) groups excluding carboxylic acids is 4. The number of carbonyl (C=O) groups is 4. The van der Waals surface area contributed by atoms with Crippen LogP contribution in [-0.4, -0.2) is 52.4 Å². The van der Waals surface area contributed by atoms with Crippen LogP contribution in [0.1, 0.15) is 103 Å². The summed E-state index contributed by atoms with van der Waals surface area (Å²) in [6.45, 7) is 16.9. The molecule has 4 N–H and O–H groups in total. The van der Waals surface area contributed by atoms with Crippen LogP contribution in [0.4, 0.5) is 4.79 Å². The van der Waals surface area contributed by atoms with Crippen LogP contribution < -0.4 is 16.4 Å². The van der Waals surface area contributed by atoms with Gasteiger partial charge in [0, 0.05) is 18.5 Å². The Morgan fingerprint density at radius 2 is 1.63 bits per heavy atom. The average molecular weight is 533 g/mol. The standard InChI is InChI=1S/C29H48N4O5/c1-10-12-20(5)31-26(35)25(22-14-13-18(3)19(4)17-22)33(21(6)11-2)27(36)23(15-16-24(30)34)32-28(37)38-29(7,8)9/h13-14,17,20-21,23,25H,10-12,15-16H2,1-9H3,(H2,30,34)(H,31,35)(H,32,37). The summed E-state index contributed by atoms with van der Waals surface area (Å²) in [4.78, 5) is 53.8. The Kier molecular flexibility index (Phi) is 12.8. The van der Waals surface area contributed by atoms with Gasteiger partial charge in [-0.1, -0.05) is 38.5 Å². The molecule has 0 aromatic heterocycles. The molecule has 214 valence electrons. The number of alkyl carbamates (subject to hydrolysis) is 1. The monoisotopic (exact) mass is 532 g/mol. The number of aryl methyl sites for hydroxylation is 2. The molecule has 0 heterocycles. The molecule has 0 bridgehead atoms. The van der Waals surface area contributed by atoms with Crippen molar-refractivity contribution in [3.05, 3.63) is 34.9 Å². The van der Waals surface area contributed by atoms with Crippen molar-refractivity contribution in [3.8, 4) is 0 Å². The maximum absolute atomic E-state index is 14.2. The predicted octanol–water partition coefficient (Wildman–Crippen LogP) is 4.44. The first-order valence-corrected chi connectivity index (χ1v) is 13.6.